The van der Waals surface area contributed by atoms with E-state index in [0.717, 1.165) is 12.2 Å². The molecule has 0 amide bonds. The van der Waals surface area contributed by atoms with Crippen molar-refractivity contribution >= 4 is 34.2 Å². The predicted octanol–water partition coefficient (Wildman–Crippen LogP) is 2.51. The van der Waals surface area contributed by atoms with Gasteiger partial charge in [-0.15, -0.1) is 0 Å². The van der Waals surface area contributed by atoms with E-state index in [1.54, 1.807) is 4.57 Å². The van der Waals surface area contributed by atoms with Crippen LogP contribution in [0.15, 0.2) is 35.4 Å². The molecule has 1 aliphatic rings. The first-order valence-corrected chi connectivity index (χ1v) is 7.26. The van der Waals surface area contributed by atoms with Crippen LogP contribution in [-0.4, -0.2) is 15.7 Å². The van der Waals surface area contributed by atoms with E-state index < -0.39 is 0 Å². The van der Waals surface area contributed by atoms with Crippen molar-refractivity contribution in [1.29, 1.82) is 0 Å². The van der Waals surface area contributed by atoms with E-state index in [1.165, 1.54) is 11.9 Å². The van der Waals surface area contributed by atoms with Crippen LogP contribution in [0, 0.1) is 3.57 Å². The lowest BCUT2D eigenvalue weighted by Crippen LogP contribution is -2.30. The number of nitrogens with zero attached hydrogens (tertiary/aromatic N) is 2. The molecule has 0 saturated carbocycles. The molecule has 4 nitrogen and oxygen atoms in total. The minimum atomic E-state index is -0.125. The highest BCUT2D eigenvalue weighted by atomic mass is 127. The SMILES string of the molecule is O=c1c(I)c(Cl)ncn1CC1Cc2ccccc2O1. The van der Waals surface area contributed by atoms with Crippen LogP contribution in [0.4, 0.5) is 0 Å². The Kier molecular flexibility index (Phi) is 3.49. The van der Waals surface area contributed by atoms with E-state index in [2.05, 4.69) is 4.98 Å². The first-order chi connectivity index (χ1) is 9.15. The lowest BCUT2D eigenvalue weighted by Gasteiger charge is -2.12. The van der Waals surface area contributed by atoms with E-state index in [0.29, 0.717) is 10.1 Å². The maximum Gasteiger partial charge on any atom is 0.268 e. The molecule has 2 heterocycles. The van der Waals surface area contributed by atoms with Gasteiger partial charge in [-0.1, -0.05) is 29.8 Å². The Hall–Kier alpha value is -1.08. The Labute approximate surface area is 128 Å². The first kappa shape index (κ1) is 12.9. The van der Waals surface area contributed by atoms with E-state index in [9.17, 15) is 4.79 Å². The van der Waals surface area contributed by atoms with E-state index >= 15 is 0 Å². The van der Waals surface area contributed by atoms with Crippen molar-refractivity contribution in [1.82, 2.24) is 9.55 Å². The molecule has 1 unspecified atom stereocenters. The number of aromatic nitrogens is 2. The number of hydrogen-bond donors (Lipinski definition) is 0. The van der Waals surface area contributed by atoms with E-state index in [4.69, 9.17) is 16.3 Å². The molecule has 3 rings (SSSR count). The molecule has 0 N–H and O–H groups in total. The Morgan fingerprint density at radius 3 is 3.05 bits per heavy atom. The zero-order valence-electron chi connectivity index (χ0n) is 9.85. The standard InChI is InChI=1S/C13H10ClIN2O2/c14-12-11(15)13(18)17(7-16-12)6-9-5-8-3-1-2-4-10(8)19-9/h1-4,7,9H,5-6H2. The third-order valence-corrected chi connectivity index (χ3v) is 4.63. The van der Waals surface area contributed by atoms with Gasteiger partial charge in [0.2, 0.25) is 0 Å². The normalized spacial score (nSPS) is 17.1. The van der Waals surface area contributed by atoms with Crippen molar-refractivity contribution in [3.05, 3.63) is 55.2 Å². The Morgan fingerprint density at radius 1 is 1.47 bits per heavy atom. The molecule has 1 atom stereocenters. The zero-order chi connectivity index (χ0) is 13.4. The number of halogens is 2. The van der Waals surface area contributed by atoms with Crippen LogP contribution >= 0.6 is 34.2 Å². The number of ether oxygens (including phenoxy) is 1. The summed E-state index contributed by atoms with van der Waals surface area (Å²) >= 11 is 7.72. The minimum absolute atomic E-state index is 0.0334. The summed E-state index contributed by atoms with van der Waals surface area (Å²) in [5.74, 6) is 0.900. The summed E-state index contributed by atoms with van der Waals surface area (Å²) in [5.41, 5.74) is 1.05. The molecule has 1 aromatic heterocycles. The van der Waals surface area contributed by atoms with Crippen molar-refractivity contribution in [2.75, 3.05) is 0 Å². The summed E-state index contributed by atoms with van der Waals surface area (Å²) in [4.78, 5) is 16.0. The maximum atomic E-state index is 12.0. The molecule has 0 bridgehead atoms. The van der Waals surface area contributed by atoms with Gasteiger partial charge < -0.3 is 4.74 Å². The number of hydrogen-bond acceptors (Lipinski definition) is 3. The highest BCUT2D eigenvalue weighted by Gasteiger charge is 2.23. The smallest absolute Gasteiger partial charge is 0.268 e. The second kappa shape index (κ2) is 5.13. The molecule has 1 aromatic carbocycles. The summed E-state index contributed by atoms with van der Waals surface area (Å²) < 4.78 is 7.80. The van der Waals surface area contributed by atoms with Crippen molar-refractivity contribution in [2.24, 2.45) is 0 Å². The molecule has 6 heteroatoms. The Morgan fingerprint density at radius 2 is 2.26 bits per heavy atom. The van der Waals surface area contributed by atoms with Crippen LogP contribution in [0.25, 0.3) is 0 Å². The quantitative estimate of drug-likeness (QED) is 0.586. The van der Waals surface area contributed by atoms with Gasteiger partial charge >= 0.3 is 0 Å². The predicted molar refractivity (Wildman–Crippen MR) is 80.8 cm³/mol. The molecule has 0 fully saturated rings. The third kappa shape index (κ3) is 2.49. The molecule has 0 aliphatic carbocycles. The molecule has 0 spiro atoms. The fraction of sp³-hybridized carbons (Fsp3) is 0.231. The van der Waals surface area contributed by atoms with Crippen molar-refractivity contribution in [3.8, 4) is 5.75 Å². The molecule has 19 heavy (non-hydrogen) atoms. The van der Waals surface area contributed by atoms with Crippen LogP contribution in [0.1, 0.15) is 5.56 Å². The van der Waals surface area contributed by atoms with Gasteiger partial charge in [0.05, 0.1) is 12.9 Å². The summed E-state index contributed by atoms with van der Waals surface area (Å²) in [7, 11) is 0. The summed E-state index contributed by atoms with van der Waals surface area (Å²) in [5, 5.41) is 0.248. The highest BCUT2D eigenvalue weighted by molar-refractivity contribution is 14.1. The molecular formula is C13H10ClIN2O2. The second-order valence-electron chi connectivity index (χ2n) is 4.36. The first-order valence-electron chi connectivity index (χ1n) is 5.80. The summed E-state index contributed by atoms with van der Waals surface area (Å²) in [6.45, 7) is 0.480. The molecule has 98 valence electrons. The topological polar surface area (TPSA) is 44.1 Å². The lowest BCUT2D eigenvalue weighted by atomic mass is 10.1. The van der Waals surface area contributed by atoms with Crippen molar-refractivity contribution < 1.29 is 4.74 Å². The van der Waals surface area contributed by atoms with Crippen LogP contribution < -0.4 is 10.3 Å². The molecule has 2 aromatic rings. The van der Waals surface area contributed by atoms with Gasteiger partial charge in [-0.3, -0.25) is 9.36 Å². The van der Waals surface area contributed by atoms with Gasteiger partial charge in [0, 0.05) is 6.42 Å². The van der Waals surface area contributed by atoms with Gasteiger partial charge in [-0.05, 0) is 34.2 Å². The third-order valence-electron chi connectivity index (χ3n) is 3.05. The number of benzene rings is 1. The average molecular weight is 389 g/mol. The van der Waals surface area contributed by atoms with Crippen molar-refractivity contribution in [2.45, 2.75) is 19.1 Å². The van der Waals surface area contributed by atoms with Gasteiger partial charge in [0.15, 0.2) is 0 Å². The molecular weight excluding hydrogens is 379 g/mol. The van der Waals surface area contributed by atoms with E-state index in [-0.39, 0.29) is 16.8 Å². The fourth-order valence-corrected chi connectivity index (χ4v) is 2.72. The van der Waals surface area contributed by atoms with Crippen LogP contribution in [0.3, 0.4) is 0 Å². The van der Waals surface area contributed by atoms with Crippen LogP contribution in [0.2, 0.25) is 5.15 Å². The van der Waals surface area contributed by atoms with Gasteiger partial charge in [0.25, 0.3) is 5.56 Å². The number of para-hydroxylation sites is 1. The monoisotopic (exact) mass is 388 g/mol. The maximum absolute atomic E-state index is 12.0. The zero-order valence-corrected chi connectivity index (χ0v) is 12.8. The fourth-order valence-electron chi connectivity index (χ4n) is 2.15. The van der Waals surface area contributed by atoms with Crippen LogP contribution in [-0.2, 0) is 13.0 Å². The van der Waals surface area contributed by atoms with Gasteiger partial charge in [0.1, 0.15) is 20.6 Å². The average Bonchev–Trinajstić information content (AvgIpc) is 2.82. The van der Waals surface area contributed by atoms with Crippen molar-refractivity contribution in [3.63, 3.8) is 0 Å². The summed E-state index contributed by atoms with van der Waals surface area (Å²) in [6, 6.07) is 7.92. The lowest BCUT2D eigenvalue weighted by molar-refractivity contribution is 0.207. The summed E-state index contributed by atoms with van der Waals surface area (Å²) in [6.07, 6.45) is 2.25. The Balaban J connectivity index is 1.82. The number of rotatable bonds is 2. The molecule has 0 radical (unpaired) electrons. The Bertz CT molecular complexity index is 662. The van der Waals surface area contributed by atoms with E-state index in [1.807, 2.05) is 46.9 Å². The minimum Gasteiger partial charge on any atom is -0.488 e. The van der Waals surface area contributed by atoms with Gasteiger partial charge in [-0.25, -0.2) is 4.98 Å². The second-order valence-corrected chi connectivity index (χ2v) is 5.80. The van der Waals surface area contributed by atoms with Crippen LogP contribution in [0.5, 0.6) is 5.75 Å². The number of fused-ring (bicyclic) bond motifs is 1. The highest BCUT2D eigenvalue weighted by Crippen LogP contribution is 2.28. The van der Waals surface area contributed by atoms with Gasteiger partial charge in [-0.2, -0.15) is 0 Å². The molecule has 1 aliphatic heterocycles. The largest absolute Gasteiger partial charge is 0.488 e. The molecule has 0 saturated heterocycles.